The molecule has 1 saturated carbocycles. The number of likely N-dealkylation sites (tertiary alicyclic amines) is 2. The number of piperidine rings is 1. The van der Waals surface area contributed by atoms with E-state index in [2.05, 4.69) is 41.1 Å². The molecule has 8 rings (SSSR count). The molecule has 452 valence electrons. The summed E-state index contributed by atoms with van der Waals surface area (Å²) in [5, 5.41) is 11.9. The van der Waals surface area contributed by atoms with Crippen LogP contribution in [0.1, 0.15) is 134 Å². The standard InChI is InChI=1S/C60H82F3N11O8S/c1-37-49(83-36-66-37)39-19-17-38(18-20-39)32-64-53(77)45-16-13-25-73(45)54(78)50(57(2,3)4)69-48(75)34-82-59(7,8)24-29-81-58(5,6)23-28-72-26-21-40(22-27-72)67-52(76)42-30-47(80-10)44(31-43(42)61)68-56-65-33-46-51(70-56)74(41-14-11-12-15-41)35-60(62,63)55(79)71(46)9/h17-20,30-31,33,36,40-41,45,50H,11-16,21-29,32,34-35H2,1-10H3,(H,64,77)(H,67,76)(H,69,75)(H,65,68,70)/t45-,50+/m0/s1. The van der Waals surface area contributed by atoms with Crippen LogP contribution >= 0.6 is 11.3 Å². The second-order valence-electron chi connectivity index (χ2n) is 24.7. The van der Waals surface area contributed by atoms with Gasteiger partial charge in [-0.1, -0.05) is 57.9 Å². The van der Waals surface area contributed by atoms with Crippen LogP contribution in [0.15, 0.2) is 48.1 Å². The first-order valence-corrected chi connectivity index (χ1v) is 29.7. The lowest BCUT2D eigenvalue weighted by Gasteiger charge is -2.36. The molecule has 3 aliphatic heterocycles. The molecule has 19 nitrogen and oxygen atoms in total. The van der Waals surface area contributed by atoms with E-state index >= 15 is 13.2 Å². The molecule has 4 aliphatic rings. The monoisotopic (exact) mass is 1170 g/mol. The Morgan fingerprint density at radius 2 is 1.59 bits per heavy atom. The predicted molar refractivity (Wildman–Crippen MR) is 313 cm³/mol. The first-order chi connectivity index (χ1) is 39.2. The molecular weight excluding hydrogens is 1090 g/mol. The largest absolute Gasteiger partial charge is 0.495 e. The number of hydrogen-bond donors (Lipinski definition) is 4. The zero-order valence-electron chi connectivity index (χ0n) is 49.6. The number of thiazole rings is 1. The van der Waals surface area contributed by atoms with Crippen LogP contribution in [0.25, 0.3) is 10.4 Å². The van der Waals surface area contributed by atoms with Gasteiger partial charge in [0, 0.05) is 57.9 Å². The van der Waals surface area contributed by atoms with Crippen molar-refractivity contribution in [3.8, 4) is 16.2 Å². The van der Waals surface area contributed by atoms with Crippen LogP contribution in [0.4, 0.5) is 36.3 Å². The van der Waals surface area contributed by atoms with Crippen LogP contribution in [0.2, 0.25) is 0 Å². The van der Waals surface area contributed by atoms with Crippen LogP contribution in [0.3, 0.4) is 0 Å². The summed E-state index contributed by atoms with van der Waals surface area (Å²) in [5.41, 5.74) is 2.99. The van der Waals surface area contributed by atoms with Crippen LogP contribution in [-0.2, 0) is 35.2 Å². The summed E-state index contributed by atoms with van der Waals surface area (Å²) >= 11 is 1.59. The molecule has 3 fully saturated rings. The van der Waals surface area contributed by atoms with Crippen molar-refractivity contribution < 1.29 is 51.4 Å². The molecule has 1 aliphatic carbocycles. The molecule has 4 aromatic rings. The van der Waals surface area contributed by atoms with Gasteiger partial charge in [0.25, 0.3) is 11.8 Å². The molecular formula is C60H82F3N11O8S. The van der Waals surface area contributed by atoms with Gasteiger partial charge in [0.1, 0.15) is 35.9 Å². The van der Waals surface area contributed by atoms with Gasteiger partial charge in [-0.15, -0.1) is 11.3 Å². The van der Waals surface area contributed by atoms with Crippen molar-refractivity contribution in [2.75, 3.05) is 75.2 Å². The summed E-state index contributed by atoms with van der Waals surface area (Å²) in [7, 11) is 2.64. The number of nitrogens with one attached hydrogen (secondary N) is 4. The topological polar surface area (TPSA) is 213 Å². The Morgan fingerprint density at radius 3 is 2.25 bits per heavy atom. The molecule has 83 heavy (non-hydrogen) atoms. The summed E-state index contributed by atoms with van der Waals surface area (Å²) in [6.45, 7) is 17.7. The number of methoxy groups -OCH3 is 1. The van der Waals surface area contributed by atoms with Crippen molar-refractivity contribution in [2.45, 2.75) is 167 Å². The van der Waals surface area contributed by atoms with Gasteiger partial charge in [-0.2, -0.15) is 13.8 Å². The second-order valence-corrected chi connectivity index (χ2v) is 25.5. The molecule has 4 N–H and O–H groups in total. The van der Waals surface area contributed by atoms with E-state index in [9.17, 15) is 24.0 Å². The number of benzene rings is 2. The minimum absolute atomic E-state index is 0.0285. The fraction of sp³-hybridized carbons (Fsp3) is 0.600. The zero-order valence-corrected chi connectivity index (χ0v) is 50.4. The van der Waals surface area contributed by atoms with E-state index in [4.69, 9.17) is 14.2 Å². The lowest BCUT2D eigenvalue weighted by atomic mass is 9.85. The molecule has 0 radical (unpaired) electrons. The second kappa shape index (κ2) is 26.2. The molecule has 0 bridgehead atoms. The Hall–Kier alpha value is -6.43. The van der Waals surface area contributed by atoms with Gasteiger partial charge in [0.2, 0.25) is 23.7 Å². The Morgan fingerprint density at radius 1 is 0.892 bits per heavy atom. The van der Waals surface area contributed by atoms with Crippen molar-refractivity contribution in [1.82, 2.24) is 40.7 Å². The van der Waals surface area contributed by atoms with Crippen molar-refractivity contribution in [3.63, 3.8) is 0 Å². The van der Waals surface area contributed by atoms with Gasteiger partial charge in [-0.3, -0.25) is 24.0 Å². The number of amides is 5. The van der Waals surface area contributed by atoms with Crippen LogP contribution in [-0.4, -0.2) is 156 Å². The van der Waals surface area contributed by atoms with E-state index in [1.807, 2.05) is 85.2 Å². The normalized spacial score (nSPS) is 18.6. The summed E-state index contributed by atoms with van der Waals surface area (Å²) < 4.78 is 64.1. The molecule has 2 saturated heterocycles. The number of aryl methyl sites for hydroxylation is 1. The predicted octanol–water partition coefficient (Wildman–Crippen LogP) is 8.56. The van der Waals surface area contributed by atoms with Gasteiger partial charge in [0.15, 0.2) is 5.82 Å². The van der Waals surface area contributed by atoms with E-state index in [0.717, 1.165) is 58.5 Å². The van der Waals surface area contributed by atoms with Crippen molar-refractivity contribution in [1.29, 1.82) is 0 Å². The van der Waals surface area contributed by atoms with E-state index < -0.39 is 64.7 Å². The molecule has 2 aromatic carbocycles. The zero-order chi connectivity index (χ0) is 60.0. The molecule has 2 atom stereocenters. The highest BCUT2D eigenvalue weighted by Gasteiger charge is 2.49. The first kappa shape index (κ1) is 62.6. The average molecular weight is 1170 g/mol. The number of fused-ring (bicyclic) bond motifs is 1. The lowest BCUT2D eigenvalue weighted by molar-refractivity contribution is -0.146. The highest BCUT2D eigenvalue weighted by molar-refractivity contribution is 7.13. The number of rotatable bonds is 22. The highest BCUT2D eigenvalue weighted by Crippen LogP contribution is 2.41. The molecule has 23 heteroatoms. The third-order valence-corrected chi connectivity index (χ3v) is 17.3. The number of aromatic nitrogens is 3. The van der Waals surface area contributed by atoms with Gasteiger partial charge >= 0.3 is 5.92 Å². The summed E-state index contributed by atoms with van der Waals surface area (Å²) in [6.07, 6.45) is 8.11. The number of halogens is 3. The maximum absolute atomic E-state index is 15.8. The van der Waals surface area contributed by atoms with Gasteiger partial charge in [-0.25, -0.2) is 14.4 Å². The molecule has 0 spiro atoms. The minimum atomic E-state index is -3.64. The summed E-state index contributed by atoms with van der Waals surface area (Å²) in [4.78, 5) is 88.0. The number of nitrogens with zero attached hydrogens (tertiary/aromatic N) is 7. The smallest absolute Gasteiger partial charge is 0.342 e. The molecule has 5 amide bonds. The number of anilines is 4. The van der Waals surface area contributed by atoms with Gasteiger partial charge in [-0.05, 0) is 109 Å². The maximum atomic E-state index is 15.8. The van der Waals surface area contributed by atoms with E-state index in [0.29, 0.717) is 77.7 Å². The SMILES string of the molecule is COc1cc(C(=O)NC2CCN(CCC(C)(C)OCCC(C)(C)OCC(=O)N[C@H](C(=O)N3CCC[C@H]3C(=O)NCc3ccc(-c4scnc4C)cc3)C(C)(C)C)CC2)c(F)cc1Nc1ncc2c(n1)N(C1CCCC1)CC(F)(F)C(=O)N2C. The van der Waals surface area contributed by atoms with E-state index in [1.54, 1.807) is 16.2 Å². The number of hydrogen-bond acceptors (Lipinski definition) is 15. The van der Waals surface area contributed by atoms with E-state index in [-0.39, 0.29) is 65.0 Å². The fourth-order valence-corrected chi connectivity index (χ4v) is 12.0. The number of carbonyl (C=O) groups excluding carboxylic acids is 5. The van der Waals surface area contributed by atoms with Crippen LogP contribution in [0, 0.1) is 18.2 Å². The molecule has 0 unspecified atom stereocenters. The summed E-state index contributed by atoms with van der Waals surface area (Å²) in [5.74, 6) is -7.09. The lowest BCUT2D eigenvalue weighted by Crippen LogP contribution is -2.58. The van der Waals surface area contributed by atoms with Gasteiger partial charge in [0.05, 0.1) is 65.0 Å². The third kappa shape index (κ3) is 15.7. The van der Waals surface area contributed by atoms with Crippen LogP contribution in [0.5, 0.6) is 5.75 Å². The first-order valence-electron chi connectivity index (χ1n) is 28.8. The van der Waals surface area contributed by atoms with E-state index in [1.165, 1.54) is 31.3 Å². The van der Waals surface area contributed by atoms with Crippen molar-refractivity contribution in [2.24, 2.45) is 5.41 Å². The summed E-state index contributed by atoms with van der Waals surface area (Å²) in [6, 6.07) is 8.45. The quantitative estimate of drug-likeness (QED) is 0.0581. The van der Waals surface area contributed by atoms with Crippen LogP contribution < -0.4 is 35.8 Å². The average Bonchev–Trinajstić information content (AvgIpc) is 3.31. The Balaban J connectivity index is 0.749. The minimum Gasteiger partial charge on any atom is -0.495 e. The Labute approximate surface area is 489 Å². The van der Waals surface area contributed by atoms with Crippen molar-refractivity contribution in [3.05, 3.63) is 70.7 Å². The third-order valence-electron chi connectivity index (χ3n) is 16.3. The van der Waals surface area contributed by atoms with Crippen molar-refractivity contribution >= 4 is 64.0 Å². The molecule has 5 heterocycles. The maximum Gasteiger partial charge on any atom is 0.342 e. The number of alkyl halides is 2. The Kier molecular flexibility index (Phi) is 19.8. The van der Waals surface area contributed by atoms with Gasteiger partial charge < -0.3 is 55.1 Å². The number of ether oxygens (including phenoxy) is 3. The Bertz CT molecular complexity index is 2960. The fourth-order valence-electron chi connectivity index (χ4n) is 11.2. The molecule has 2 aromatic heterocycles. The number of carbonyl (C=O) groups is 5. The highest BCUT2D eigenvalue weighted by atomic mass is 32.1.